The normalized spacial score (nSPS) is 10.6. The summed E-state index contributed by atoms with van der Waals surface area (Å²) in [7, 11) is 0. The van der Waals surface area contributed by atoms with E-state index in [-0.39, 0.29) is 0 Å². The van der Waals surface area contributed by atoms with Crippen LogP contribution in [0.2, 0.25) is 0 Å². The highest BCUT2D eigenvalue weighted by molar-refractivity contribution is 7.80. The number of aromatic nitrogens is 3. The van der Waals surface area contributed by atoms with E-state index in [1.807, 2.05) is 24.6 Å². The molecule has 0 unspecified atom stereocenters. The van der Waals surface area contributed by atoms with Gasteiger partial charge in [-0.1, -0.05) is 12.2 Å². The summed E-state index contributed by atoms with van der Waals surface area (Å²) in [5.74, 6) is 0.760. The lowest BCUT2D eigenvalue weighted by Crippen LogP contribution is -2.17. The van der Waals surface area contributed by atoms with Crippen LogP contribution in [0.3, 0.4) is 0 Å². The van der Waals surface area contributed by atoms with E-state index >= 15 is 0 Å². The molecule has 5 nitrogen and oxygen atoms in total. The standard InChI is InChI=1S/C15H21N5S/c1-10-5-7-18-15(13(10)14(16)21)17-6-4-8-20-12(3)9-11(2)19-20/h5,7,9H,4,6,8H2,1-3H3,(H2,16,21)(H,17,18). The van der Waals surface area contributed by atoms with Crippen molar-refractivity contribution in [1.29, 1.82) is 0 Å². The number of nitrogens with one attached hydrogen (secondary N) is 1. The van der Waals surface area contributed by atoms with Gasteiger partial charge in [-0.05, 0) is 44.9 Å². The number of anilines is 1. The Morgan fingerprint density at radius 2 is 2.14 bits per heavy atom. The lowest BCUT2D eigenvalue weighted by Gasteiger charge is -2.12. The Morgan fingerprint density at radius 1 is 1.38 bits per heavy atom. The summed E-state index contributed by atoms with van der Waals surface area (Å²) in [4.78, 5) is 4.70. The van der Waals surface area contributed by atoms with Crippen molar-refractivity contribution < 1.29 is 0 Å². The van der Waals surface area contributed by atoms with Crippen molar-refractivity contribution in [3.8, 4) is 0 Å². The fraction of sp³-hybridized carbons (Fsp3) is 0.400. The zero-order valence-corrected chi connectivity index (χ0v) is 13.5. The first-order valence-corrected chi connectivity index (χ1v) is 7.40. The maximum absolute atomic E-state index is 5.77. The molecule has 0 spiro atoms. The molecule has 0 saturated heterocycles. The number of rotatable bonds is 6. The van der Waals surface area contributed by atoms with E-state index in [1.54, 1.807) is 6.20 Å². The molecule has 6 heteroatoms. The molecule has 0 atom stereocenters. The number of pyridine rings is 1. The maximum atomic E-state index is 5.77. The minimum atomic E-state index is 0.377. The van der Waals surface area contributed by atoms with Crippen molar-refractivity contribution in [2.75, 3.05) is 11.9 Å². The highest BCUT2D eigenvalue weighted by Gasteiger charge is 2.09. The molecule has 21 heavy (non-hydrogen) atoms. The summed E-state index contributed by atoms with van der Waals surface area (Å²) in [6, 6.07) is 4.00. The van der Waals surface area contributed by atoms with Gasteiger partial charge in [-0.25, -0.2) is 4.98 Å². The minimum absolute atomic E-state index is 0.377. The van der Waals surface area contributed by atoms with Crippen LogP contribution in [-0.2, 0) is 6.54 Å². The van der Waals surface area contributed by atoms with Gasteiger partial charge in [0, 0.05) is 25.0 Å². The average molecular weight is 303 g/mol. The molecule has 0 fully saturated rings. The van der Waals surface area contributed by atoms with Crippen LogP contribution in [0.25, 0.3) is 0 Å². The minimum Gasteiger partial charge on any atom is -0.389 e. The zero-order valence-electron chi connectivity index (χ0n) is 12.7. The largest absolute Gasteiger partial charge is 0.389 e. The number of hydrogen-bond donors (Lipinski definition) is 2. The molecule has 0 amide bonds. The average Bonchev–Trinajstić information content (AvgIpc) is 2.72. The fourth-order valence-corrected chi connectivity index (χ4v) is 2.60. The van der Waals surface area contributed by atoms with Gasteiger partial charge in [0.15, 0.2) is 0 Å². The Morgan fingerprint density at radius 3 is 2.76 bits per heavy atom. The van der Waals surface area contributed by atoms with Gasteiger partial charge < -0.3 is 11.1 Å². The second kappa shape index (κ2) is 6.67. The van der Waals surface area contributed by atoms with E-state index in [4.69, 9.17) is 18.0 Å². The molecule has 112 valence electrons. The summed E-state index contributed by atoms with van der Waals surface area (Å²) in [5, 5.41) is 7.76. The number of nitrogens with two attached hydrogens (primary N) is 1. The van der Waals surface area contributed by atoms with Crippen molar-refractivity contribution >= 4 is 23.0 Å². The van der Waals surface area contributed by atoms with Gasteiger partial charge in [0.25, 0.3) is 0 Å². The highest BCUT2D eigenvalue weighted by atomic mass is 32.1. The van der Waals surface area contributed by atoms with Crippen molar-refractivity contribution in [3.63, 3.8) is 0 Å². The molecule has 0 saturated carbocycles. The molecule has 0 aromatic carbocycles. The third-order valence-electron chi connectivity index (χ3n) is 3.35. The summed E-state index contributed by atoms with van der Waals surface area (Å²) in [6.45, 7) is 7.73. The molecule has 3 N–H and O–H groups in total. The molecule has 2 heterocycles. The van der Waals surface area contributed by atoms with E-state index in [0.717, 1.165) is 42.1 Å². The van der Waals surface area contributed by atoms with Gasteiger partial charge in [0.2, 0.25) is 0 Å². The smallest absolute Gasteiger partial charge is 0.136 e. The lowest BCUT2D eigenvalue weighted by atomic mass is 10.1. The third kappa shape index (κ3) is 3.78. The molecule has 2 aromatic heterocycles. The van der Waals surface area contributed by atoms with Crippen LogP contribution < -0.4 is 11.1 Å². The predicted molar refractivity (Wildman–Crippen MR) is 89.7 cm³/mol. The van der Waals surface area contributed by atoms with Gasteiger partial charge in [-0.3, -0.25) is 4.68 Å². The molecular formula is C15H21N5S. The van der Waals surface area contributed by atoms with Gasteiger partial charge in [0.05, 0.1) is 11.3 Å². The maximum Gasteiger partial charge on any atom is 0.136 e. The van der Waals surface area contributed by atoms with Gasteiger partial charge >= 0.3 is 0 Å². The first kappa shape index (κ1) is 15.4. The molecule has 0 bridgehead atoms. The second-order valence-electron chi connectivity index (χ2n) is 5.15. The fourth-order valence-electron chi connectivity index (χ4n) is 2.34. The van der Waals surface area contributed by atoms with Gasteiger partial charge in [-0.2, -0.15) is 5.10 Å². The van der Waals surface area contributed by atoms with E-state index in [0.29, 0.717) is 4.99 Å². The van der Waals surface area contributed by atoms with Crippen LogP contribution in [0, 0.1) is 20.8 Å². The number of thiocarbonyl (C=S) groups is 1. The summed E-state index contributed by atoms with van der Waals surface area (Å²) < 4.78 is 2.02. The van der Waals surface area contributed by atoms with Crippen LogP contribution >= 0.6 is 12.2 Å². The molecule has 2 aromatic rings. The van der Waals surface area contributed by atoms with Crippen LogP contribution in [-0.4, -0.2) is 26.3 Å². The Balaban J connectivity index is 1.94. The second-order valence-corrected chi connectivity index (χ2v) is 5.59. The Labute approximate surface area is 130 Å². The summed E-state index contributed by atoms with van der Waals surface area (Å²) >= 11 is 5.10. The SMILES string of the molecule is Cc1cc(C)n(CCCNc2nccc(C)c2C(N)=S)n1. The third-order valence-corrected chi connectivity index (χ3v) is 3.55. The van der Waals surface area contributed by atoms with E-state index < -0.39 is 0 Å². The Kier molecular flexibility index (Phi) is 4.90. The topological polar surface area (TPSA) is 68.8 Å². The number of aryl methyl sites for hydroxylation is 4. The first-order valence-electron chi connectivity index (χ1n) is 6.99. The highest BCUT2D eigenvalue weighted by Crippen LogP contribution is 2.16. The van der Waals surface area contributed by atoms with E-state index in [1.165, 1.54) is 5.69 Å². The van der Waals surface area contributed by atoms with E-state index in [9.17, 15) is 0 Å². The van der Waals surface area contributed by atoms with E-state index in [2.05, 4.69) is 28.4 Å². The van der Waals surface area contributed by atoms with Crippen LogP contribution in [0.5, 0.6) is 0 Å². The molecule has 0 aliphatic rings. The predicted octanol–water partition coefficient (Wildman–Crippen LogP) is 2.34. The van der Waals surface area contributed by atoms with Gasteiger partial charge in [0.1, 0.15) is 10.8 Å². The number of hydrogen-bond acceptors (Lipinski definition) is 4. The number of nitrogens with zero attached hydrogens (tertiary/aromatic N) is 3. The Hall–Kier alpha value is -1.95. The summed E-state index contributed by atoms with van der Waals surface area (Å²) in [6.07, 6.45) is 2.72. The molecule has 0 radical (unpaired) electrons. The van der Waals surface area contributed by atoms with Gasteiger partial charge in [-0.15, -0.1) is 0 Å². The molecule has 0 aliphatic carbocycles. The van der Waals surface area contributed by atoms with Crippen molar-refractivity contribution in [1.82, 2.24) is 14.8 Å². The van der Waals surface area contributed by atoms with Crippen LogP contribution in [0.15, 0.2) is 18.3 Å². The Bertz CT molecular complexity index is 648. The molecule has 0 aliphatic heterocycles. The monoisotopic (exact) mass is 303 g/mol. The van der Waals surface area contributed by atoms with Crippen LogP contribution in [0.4, 0.5) is 5.82 Å². The first-order chi connectivity index (χ1) is 9.99. The van der Waals surface area contributed by atoms with Crippen LogP contribution in [0.1, 0.15) is 28.9 Å². The summed E-state index contributed by atoms with van der Waals surface area (Å²) in [5.41, 5.74) is 9.88. The molecular weight excluding hydrogens is 282 g/mol. The van der Waals surface area contributed by atoms with Crippen molar-refractivity contribution in [3.05, 3.63) is 40.8 Å². The van der Waals surface area contributed by atoms with Crippen molar-refractivity contribution in [2.45, 2.75) is 33.7 Å². The molecule has 2 rings (SSSR count). The van der Waals surface area contributed by atoms with Crippen molar-refractivity contribution in [2.24, 2.45) is 5.73 Å². The lowest BCUT2D eigenvalue weighted by molar-refractivity contribution is 0.573. The quantitative estimate of drug-likeness (QED) is 0.633. The zero-order chi connectivity index (χ0) is 15.4.